The first-order valence-corrected chi connectivity index (χ1v) is 7.19. The van der Waals surface area contributed by atoms with Crippen LogP contribution < -0.4 is 15.7 Å². The fourth-order valence-corrected chi connectivity index (χ4v) is 3.13. The first-order valence-electron chi connectivity index (χ1n) is 6.61. The topological polar surface area (TPSA) is 97.9 Å². The Balaban J connectivity index is 1.96. The molecule has 0 aliphatic carbocycles. The van der Waals surface area contributed by atoms with Gasteiger partial charge in [-0.05, 0) is 22.9 Å². The Hall–Kier alpha value is -1.27. The fraction of sp³-hybridized carbons (Fsp3) is 0.500. The molecule has 0 spiro atoms. The number of anilines is 1. The lowest BCUT2D eigenvalue weighted by atomic mass is 10.0. The van der Waals surface area contributed by atoms with E-state index in [4.69, 9.17) is 0 Å². The second-order valence-electron chi connectivity index (χ2n) is 4.97. The summed E-state index contributed by atoms with van der Waals surface area (Å²) in [6.45, 7) is 0.123. The Morgan fingerprint density at radius 3 is 3.00 bits per heavy atom. The molecule has 4 atom stereocenters. The van der Waals surface area contributed by atoms with E-state index >= 15 is 0 Å². The SMILES string of the molecule is CNC1CC(c2c[nH]c3c(NP)ncnc23)NC1CO. The van der Waals surface area contributed by atoms with Crippen LogP contribution in [0.2, 0.25) is 0 Å². The fourth-order valence-electron chi connectivity index (χ4n) is 2.91. The van der Waals surface area contributed by atoms with Crippen LogP contribution in [0.3, 0.4) is 0 Å². The van der Waals surface area contributed by atoms with Crippen molar-refractivity contribution in [2.45, 2.75) is 24.5 Å². The van der Waals surface area contributed by atoms with E-state index < -0.39 is 0 Å². The lowest BCUT2D eigenvalue weighted by molar-refractivity contribution is 0.236. The maximum Gasteiger partial charge on any atom is 0.156 e. The Kier molecular flexibility index (Phi) is 3.85. The average molecular weight is 294 g/mol. The van der Waals surface area contributed by atoms with Crippen molar-refractivity contribution in [1.82, 2.24) is 25.6 Å². The molecular formula is C12H19N6OP. The van der Waals surface area contributed by atoms with Crippen LogP contribution in [0.1, 0.15) is 18.0 Å². The quantitative estimate of drug-likeness (QED) is 0.515. The summed E-state index contributed by atoms with van der Waals surface area (Å²) in [7, 11) is 4.36. The molecule has 0 radical (unpaired) electrons. The third-order valence-corrected chi connectivity index (χ3v) is 4.24. The number of aromatic amines is 1. The third kappa shape index (κ3) is 2.16. The van der Waals surface area contributed by atoms with Gasteiger partial charge in [-0.1, -0.05) is 0 Å². The minimum atomic E-state index is 0.0658. The van der Waals surface area contributed by atoms with Gasteiger partial charge in [0.25, 0.3) is 0 Å². The van der Waals surface area contributed by atoms with Gasteiger partial charge in [-0.25, -0.2) is 9.97 Å². The maximum atomic E-state index is 9.43. The molecule has 108 valence electrons. The van der Waals surface area contributed by atoms with Gasteiger partial charge in [-0.3, -0.25) is 0 Å². The summed E-state index contributed by atoms with van der Waals surface area (Å²) in [6.07, 6.45) is 4.44. The number of aromatic nitrogens is 3. The van der Waals surface area contributed by atoms with Gasteiger partial charge in [-0.15, -0.1) is 0 Å². The monoisotopic (exact) mass is 294 g/mol. The summed E-state index contributed by atoms with van der Waals surface area (Å²) >= 11 is 0. The number of H-pyrrole nitrogens is 1. The molecule has 0 saturated carbocycles. The molecule has 3 heterocycles. The summed E-state index contributed by atoms with van der Waals surface area (Å²) in [5.74, 6) is 0.758. The molecule has 1 aliphatic heterocycles. The van der Waals surface area contributed by atoms with E-state index in [9.17, 15) is 5.11 Å². The summed E-state index contributed by atoms with van der Waals surface area (Å²) in [5, 5.41) is 19.1. The zero-order valence-electron chi connectivity index (χ0n) is 11.2. The second-order valence-corrected chi connectivity index (χ2v) is 5.26. The van der Waals surface area contributed by atoms with Crippen LogP contribution in [-0.4, -0.2) is 45.8 Å². The molecule has 0 bridgehead atoms. The maximum absolute atomic E-state index is 9.43. The Morgan fingerprint density at radius 2 is 2.35 bits per heavy atom. The number of hydrogen-bond acceptors (Lipinski definition) is 6. The van der Waals surface area contributed by atoms with E-state index in [1.54, 1.807) is 6.33 Å². The summed E-state index contributed by atoms with van der Waals surface area (Å²) in [6, 6.07) is 0.498. The number of nitrogens with one attached hydrogen (secondary N) is 4. The van der Waals surface area contributed by atoms with E-state index in [1.165, 1.54) is 0 Å². The molecule has 1 saturated heterocycles. The number of nitrogens with zero attached hydrogens (tertiary/aromatic N) is 2. The van der Waals surface area contributed by atoms with E-state index in [2.05, 4.69) is 40.1 Å². The van der Waals surface area contributed by atoms with Gasteiger partial charge in [0.2, 0.25) is 0 Å². The van der Waals surface area contributed by atoms with E-state index in [0.717, 1.165) is 28.8 Å². The van der Waals surface area contributed by atoms with Crippen LogP contribution in [0.4, 0.5) is 5.82 Å². The van der Waals surface area contributed by atoms with Crippen molar-refractivity contribution in [1.29, 1.82) is 0 Å². The van der Waals surface area contributed by atoms with Crippen LogP contribution in [-0.2, 0) is 0 Å². The molecule has 20 heavy (non-hydrogen) atoms. The van der Waals surface area contributed by atoms with Gasteiger partial charge >= 0.3 is 0 Å². The minimum Gasteiger partial charge on any atom is -0.395 e. The summed E-state index contributed by atoms with van der Waals surface area (Å²) < 4.78 is 0. The highest BCUT2D eigenvalue weighted by Crippen LogP contribution is 2.32. The molecule has 0 aromatic carbocycles. The van der Waals surface area contributed by atoms with Gasteiger partial charge in [0.15, 0.2) is 5.82 Å². The van der Waals surface area contributed by atoms with Gasteiger partial charge < -0.3 is 25.8 Å². The number of rotatable bonds is 4. The largest absolute Gasteiger partial charge is 0.395 e. The van der Waals surface area contributed by atoms with Crippen molar-refractivity contribution in [3.63, 3.8) is 0 Å². The molecule has 3 rings (SSSR count). The Bertz CT molecular complexity index is 591. The van der Waals surface area contributed by atoms with Crippen LogP contribution in [0.25, 0.3) is 11.0 Å². The van der Waals surface area contributed by atoms with E-state index in [-0.39, 0.29) is 24.7 Å². The van der Waals surface area contributed by atoms with E-state index in [1.807, 2.05) is 13.2 Å². The van der Waals surface area contributed by atoms with Gasteiger partial charge in [0.05, 0.1) is 12.1 Å². The molecular weight excluding hydrogens is 275 g/mol. The van der Waals surface area contributed by atoms with E-state index in [0.29, 0.717) is 0 Å². The number of hydrogen-bond donors (Lipinski definition) is 5. The highest BCUT2D eigenvalue weighted by Gasteiger charge is 2.34. The normalized spacial score (nSPS) is 26.2. The van der Waals surface area contributed by atoms with Crippen molar-refractivity contribution in [3.8, 4) is 0 Å². The highest BCUT2D eigenvalue weighted by molar-refractivity contribution is 7.18. The first-order chi connectivity index (χ1) is 9.78. The van der Waals surface area contributed by atoms with Gasteiger partial charge in [-0.2, -0.15) is 0 Å². The standard InChI is InChI=1S/C12H19N6OP/c1-13-8-2-7(17-9(8)4-19)6-3-14-11-10(6)15-5-16-12(11)18-20/h3,5,7-9,13-14,17,19H,2,4,20H2,1H3,(H,15,16,18). The molecule has 1 aliphatic rings. The Labute approximate surface area is 119 Å². The van der Waals surface area contributed by atoms with Crippen LogP contribution in [0.5, 0.6) is 0 Å². The number of fused-ring (bicyclic) bond motifs is 1. The zero-order valence-corrected chi connectivity index (χ0v) is 12.4. The van der Waals surface area contributed by atoms with Crippen molar-refractivity contribution in [2.75, 3.05) is 18.7 Å². The predicted molar refractivity (Wildman–Crippen MR) is 81.4 cm³/mol. The first kappa shape index (κ1) is 13.7. The predicted octanol–water partition coefficient (Wildman–Crippen LogP) is 0.143. The molecule has 1 fully saturated rings. The molecule has 0 amide bonds. The van der Waals surface area contributed by atoms with Crippen molar-refractivity contribution >= 4 is 26.2 Å². The van der Waals surface area contributed by atoms with Crippen LogP contribution >= 0.6 is 9.39 Å². The Morgan fingerprint density at radius 1 is 1.50 bits per heavy atom. The number of likely N-dealkylation sites (N-methyl/N-ethyl adjacent to an activating group) is 1. The molecule has 8 heteroatoms. The number of aliphatic hydroxyl groups is 1. The van der Waals surface area contributed by atoms with Crippen LogP contribution in [0, 0.1) is 0 Å². The van der Waals surface area contributed by atoms with Crippen molar-refractivity contribution < 1.29 is 5.11 Å². The zero-order chi connectivity index (χ0) is 14.1. The third-order valence-electron chi connectivity index (χ3n) is 3.96. The molecule has 2 aromatic rings. The smallest absolute Gasteiger partial charge is 0.156 e. The molecule has 5 N–H and O–H groups in total. The van der Waals surface area contributed by atoms with Crippen LogP contribution in [0.15, 0.2) is 12.5 Å². The number of aliphatic hydroxyl groups excluding tert-OH is 1. The average Bonchev–Trinajstić information content (AvgIpc) is 3.09. The second kappa shape index (κ2) is 5.61. The van der Waals surface area contributed by atoms with Gasteiger partial charge in [0.1, 0.15) is 11.8 Å². The molecule has 4 unspecified atom stereocenters. The van der Waals surface area contributed by atoms with Crippen molar-refractivity contribution in [3.05, 3.63) is 18.1 Å². The minimum absolute atomic E-state index is 0.0658. The highest BCUT2D eigenvalue weighted by atomic mass is 31.0. The van der Waals surface area contributed by atoms with Gasteiger partial charge in [0, 0.05) is 29.9 Å². The van der Waals surface area contributed by atoms with Crippen molar-refractivity contribution in [2.24, 2.45) is 0 Å². The molecule has 7 nitrogen and oxygen atoms in total. The lowest BCUT2D eigenvalue weighted by Gasteiger charge is -2.15. The summed E-state index contributed by atoms with van der Waals surface area (Å²) in [4.78, 5) is 11.8. The summed E-state index contributed by atoms with van der Waals surface area (Å²) in [5.41, 5.74) is 2.92. The lowest BCUT2D eigenvalue weighted by Crippen LogP contribution is -2.41. The molecule has 2 aromatic heterocycles.